The lowest BCUT2D eigenvalue weighted by atomic mass is 9.62. The van der Waals surface area contributed by atoms with Crippen LogP contribution in [0.15, 0.2) is 23.1 Å². The second-order valence-corrected chi connectivity index (χ2v) is 11.5. The van der Waals surface area contributed by atoms with E-state index >= 15 is 0 Å². The van der Waals surface area contributed by atoms with Gasteiger partial charge in [0.2, 0.25) is 15.9 Å². The standard InChI is InChI=1S/C21H26Cl2N4O3S/c22-17-4-3-16(12-18(17)23)31(29,30)26-21-8-5-20(6-9-21,7-10-21)25-14-19(28)27-11-1-2-15(27)13-24/h3-4,12,15,25-26H,1-2,5-11,14H2. The Bertz CT molecular complexity index is 999. The van der Waals surface area contributed by atoms with Crippen molar-refractivity contribution in [2.75, 3.05) is 13.1 Å². The van der Waals surface area contributed by atoms with Crippen molar-refractivity contribution in [3.05, 3.63) is 28.2 Å². The number of rotatable bonds is 6. The molecule has 0 radical (unpaired) electrons. The Labute approximate surface area is 193 Å². The molecule has 10 heteroatoms. The second kappa shape index (κ2) is 8.53. The van der Waals surface area contributed by atoms with Gasteiger partial charge in [0.05, 0.1) is 27.6 Å². The second-order valence-electron chi connectivity index (χ2n) is 8.97. The molecule has 1 saturated heterocycles. The Balaban J connectivity index is 1.37. The van der Waals surface area contributed by atoms with Crippen LogP contribution in [0.4, 0.5) is 0 Å². The van der Waals surface area contributed by atoms with Crippen LogP contribution in [0.2, 0.25) is 10.0 Å². The summed E-state index contributed by atoms with van der Waals surface area (Å²) in [6.07, 6.45) is 6.13. The minimum Gasteiger partial charge on any atom is -0.326 e. The van der Waals surface area contributed by atoms with Crippen LogP contribution in [-0.2, 0) is 14.8 Å². The number of carbonyl (C=O) groups excluding carboxylic acids is 1. The van der Waals surface area contributed by atoms with Gasteiger partial charge < -0.3 is 10.2 Å². The van der Waals surface area contributed by atoms with Gasteiger partial charge in [-0.25, -0.2) is 13.1 Å². The van der Waals surface area contributed by atoms with Crippen molar-refractivity contribution in [1.29, 1.82) is 5.26 Å². The normalized spacial score (nSPS) is 30.4. The molecule has 2 N–H and O–H groups in total. The fourth-order valence-electron chi connectivity index (χ4n) is 5.16. The molecule has 3 aliphatic carbocycles. The Kier molecular flexibility index (Phi) is 6.27. The maximum atomic E-state index is 12.9. The first-order valence-corrected chi connectivity index (χ1v) is 12.8. The van der Waals surface area contributed by atoms with Gasteiger partial charge in [-0.05, 0) is 69.6 Å². The average molecular weight is 485 g/mol. The lowest BCUT2D eigenvalue weighted by Crippen LogP contribution is -2.63. The summed E-state index contributed by atoms with van der Waals surface area (Å²) < 4.78 is 28.8. The van der Waals surface area contributed by atoms with Gasteiger partial charge >= 0.3 is 0 Å². The molecule has 1 unspecified atom stereocenters. The highest BCUT2D eigenvalue weighted by atomic mass is 35.5. The average Bonchev–Trinajstić information content (AvgIpc) is 3.24. The molecule has 1 aromatic carbocycles. The summed E-state index contributed by atoms with van der Waals surface area (Å²) in [5.41, 5.74) is -0.618. The van der Waals surface area contributed by atoms with Gasteiger partial charge in [-0.2, -0.15) is 5.26 Å². The lowest BCUT2D eigenvalue weighted by Gasteiger charge is -2.53. The number of likely N-dealkylation sites (tertiary alicyclic amines) is 1. The summed E-state index contributed by atoms with van der Waals surface area (Å²) in [6.45, 7) is 0.867. The summed E-state index contributed by atoms with van der Waals surface area (Å²) in [7, 11) is -3.72. The Morgan fingerprint density at radius 3 is 2.39 bits per heavy atom. The van der Waals surface area contributed by atoms with Crippen LogP contribution in [0, 0.1) is 11.3 Å². The van der Waals surface area contributed by atoms with Crippen LogP contribution in [0.1, 0.15) is 51.4 Å². The van der Waals surface area contributed by atoms with Gasteiger partial charge in [0, 0.05) is 17.6 Å². The number of nitriles is 1. The summed E-state index contributed by atoms with van der Waals surface area (Å²) >= 11 is 11.9. The maximum Gasteiger partial charge on any atom is 0.241 e. The first-order valence-electron chi connectivity index (χ1n) is 10.6. The van der Waals surface area contributed by atoms with E-state index in [0.717, 1.165) is 32.1 Å². The molecule has 4 fully saturated rings. The van der Waals surface area contributed by atoms with Crippen molar-refractivity contribution >= 4 is 39.1 Å². The summed E-state index contributed by atoms with van der Waals surface area (Å²) in [6, 6.07) is 6.22. The predicted octanol–water partition coefficient (Wildman–Crippen LogP) is 3.22. The van der Waals surface area contributed by atoms with Gasteiger partial charge in [0.25, 0.3) is 0 Å². The van der Waals surface area contributed by atoms with Gasteiger partial charge in [0.1, 0.15) is 6.04 Å². The number of benzene rings is 1. The number of nitrogens with one attached hydrogen (secondary N) is 2. The molecule has 2 bridgehead atoms. The van der Waals surface area contributed by atoms with E-state index in [-0.39, 0.29) is 34.0 Å². The van der Waals surface area contributed by atoms with Crippen LogP contribution < -0.4 is 10.0 Å². The van der Waals surface area contributed by atoms with Crippen LogP contribution in [0.25, 0.3) is 0 Å². The van der Waals surface area contributed by atoms with Crippen molar-refractivity contribution in [1.82, 2.24) is 14.9 Å². The first-order chi connectivity index (χ1) is 14.7. The van der Waals surface area contributed by atoms with E-state index in [1.807, 2.05) is 0 Å². The molecule has 1 heterocycles. The first kappa shape index (κ1) is 22.8. The summed E-state index contributed by atoms with van der Waals surface area (Å²) in [5.74, 6) is -0.0267. The number of amides is 1. The topological polar surface area (TPSA) is 102 Å². The number of halogens is 2. The summed E-state index contributed by atoms with van der Waals surface area (Å²) in [5, 5.41) is 13.2. The number of fused-ring (bicyclic) bond motifs is 3. The SMILES string of the molecule is N#CC1CCCN1C(=O)CNC12CCC(NS(=O)(=O)c3ccc(Cl)c(Cl)c3)(CC1)CC2. The fourth-order valence-corrected chi connectivity index (χ4v) is 7.03. The van der Waals surface area contributed by atoms with E-state index < -0.39 is 15.6 Å². The molecule has 31 heavy (non-hydrogen) atoms. The smallest absolute Gasteiger partial charge is 0.241 e. The molecular weight excluding hydrogens is 459 g/mol. The number of hydrogen-bond donors (Lipinski definition) is 2. The highest BCUT2D eigenvalue weighted by molar-refractivity contribution is 7.89. The lowest BCUT2D eigenvalue weighted by molar-refractivity contribution is -0.130. The number of carbonyl (C=O) groups is 1. The predicted molar refractivity (Wildman–Crippen MR) is 118 cm³/mol. The third kappa shape index (κ3) is 4.57. The van der Waals surface area contributed by atoms with Crippen molar-refractivity contribution in [2.24, 2.45) is 0 Å². The largest absolute Gasteiger partial charge is 0.326 e. The Hall–Kier alpha value is -1.37. The van der Waals surface area contributed by atoms with Crippen molar-refractivity contribution < 1.29 is 13.2 Å². The van der Waals surface area contributed by atoms with Gasteiger partial charge in [-0.15, -0.1) is 0 Å². The van der Waals surface area contributed by atoms with Crippen molar-refractivity contribution in [2.45, 2.75) is 73.4 Å². The van der Waals surface area contributed by atoms with Crippen molar-refractivity contribution in [3.63, 3.8) is 0 Å². The van der Waals surface area contributed by atoms with Crippen LogP contribution in [0.3, 0.4) is 0 Å². The van der Waals surface area contributed by atoms with E-state index in [9.17, 15) is 18.5 Å². The zero-order valence-corrected chi connectivity index (χ0v) is 19.5. The van der Waals surface area contributed by atoms with Gasteiger partial charge in [-0.1, -0.05) is 23.2 Å². The van der Waals surface area contributed by atoms with Crippen LogP contribution in [-0.4, -0.2) is 49.4 Å². The third-order valence-electron chi connectivity index (χ3n) is 7.14. The van der Waals surface area contributed by atoms with Crippen molar-refractivity contribution in [3.8, 4) is 6.07 Å². The van der Waals surface area contributed by atoms with E-state index in [1.165, 1.54) is 18.2 Å². The number of hydrogen-bond acceptors (Lipinski definition) is 5. The zero-order valence-electron chi connectivity index (χ0n) is 17.2. The Morgan fingerprint density at radius 1 is 1.13 bits per heavy atom. The number of nitrogens with zero attached hydrogens (tertiary/aromatic N) is 2. The molecule has 0 aromatic heterocycles. The van der Waals surface area contributed by atoms with Gasteiger partial charge in [0.15, 0.2) is 0 Å². The van der Waals surface area contributed by atoms with E-state index in [1.54, 1.807) is 4.90 Å². The molecule has 5 rings (SSSR count). The van der Waals surface area contributed by atoms with E-state index in [4.69, 9.17) is 23.2 Å². The zero-order chi connectivity index (χ0) is 22.3. The summed E-state index contributed by atoms with van der Waals surface area (Å²) in [4.78, 5) is 14.4. The van der Waals surface area contributed by atoms with Crippen LogP contribution in [0.5, 0.6) is 0 Å². The van der Waals surface area contributed by atoms with Crippen LogP contribution >= 0.6 is 23.2 Å². The molecule has 3 saturated carbocycles. The monoisotopic (exact) mass is 484 g/mol. The van der Waals surface area contributed by atoms with Gasteiger partial charge in [-0.3, -0.25) is 4.79 Å². The highest BCUT2D eigenvalue weighted by Gasteiger charge is 2.50. The van der Waals surface area contributed by atoms with E-state index in [0.29, 0.717) is 30.8 Å². The Morgan fingerprint density at radius 2 is 1.77 bits per heavy atom. The fraction of sp³-hybridized carbons (Fsp3) is 0.619. The molecule has 4 aliphatic rings. The molecule has 1 amide bonds. The molecular formula is C21H26Cl2N4O3S. The maximum absolute atomic E-state index is 12.9. The quantitative estimate of drug-likeness (QED) is 0.644. The third-order valence-corrected chi connectivity index (χ3v) is 9.45. The minimum absolute atomic E-state index is 0.0267. The molecule has 1 aromatic rings. The molecule has 168 valence electrons. The number of sulfonamides is 1. The molecule has 0 spiro atoms. The van der Waals surface area contributed by atoms with E-state index in [2.05, 4.69) is 16.1 Å². The molecule has 1 aliphatic heterocycles. The molecule has 7 nitrogen and oxygen atoms in total. The minimum atomic E-state index is -3.72. The molecule has 1 atom stereocenters. The highest BCUT2D eigenvalue weighted by Crippen LogP contribution is 2.47.